The summed E-state index contributed by atoms with van der Waals surface area (Å²) < 4.78 is 2.38. The van der Waals surface area contributed by atoms with E-state index in [0.717, 1.165) is 5.56 Å². The number of unbranched alkanes of at least 4 members (excludes halogenated alkanes) is 3. The van der Waals surface area contributed by atoms with Crippen LogP contribution >= 0.6 is 0 Å². The van der Waals surface area contributed by atoms with E-state index in [1.807, 2.05) is 12.1 Å². The Kier molecular flexibility index (Phi) is 6.39. The molecule has 0 fully saturated rings. The van der Waals surface area contributed by atoms with E-state index in [1.54, 1.807) is 12.1 Å². The average Bonchev–Trinajstić information content (AvgIpc) is 3.07. The molecule has 1 atom stereocenters. The summed E-state index contributed by atoms with van der Waals surface area (Å²) in [7, 11) is 0. The number of rotatable bonds is 8. The van der Waals surface area contributed by atoms with E-state index in [0.29, 0.717) is 5.75 Å². The van der Waals surface area contributed by atoms with Gasteiger partial charge in [-0.15, -0.1) is 0 Å². The minimum absolute atomic E-state index is 0.262. The Balaban J connectivity index is 1.79. The van der Waals surface area contributed by atoms with Crippen molar-refractivity contribution < 1.29 is 5.11 Å². The lowest BCUT2D eigenvalue weighted by molar-refractivity contribution is 0.475. The third-order valence-electron chi connectivity index (χ3n) is 5.45. The molecule has 3 aromatic rings. The van der Waals surface area contributed by atoms with Gasteiger partial charge in [0.15, 0.2) is 0 Å². The lowest BCUT2D eigenvalue weighted by Gasteiger charge is -2.21. The van der Waals surface area contributed by atoms with Gasteiger partial charge in [0.1, 0.15) is 5.75 Å². The topological polar surface area (TPSA) is 25.2 Å². The maximum absolute atomic E-state index is 9.58. The van der Waals surface area contributed by atoms with E-state index in [4.69, 9.17) is 0 Å². The van der Waals surface area contributed by atoms with E-state index in [1.165, 1.54) is 54.6 Å². The smallest absolute Gasteiger partial charge is 0.115 e. The zero-order chi connectivity index (χ0) is 19.2. The first-order valence-corrected chi connectivity index (χ1v) is 10.2. The lowest BCUT2D eigenvalue weighted by atomic mass is 10.0. The third-order valence-corrected chi connectivity index (χ3v) is 5.45. The molecule has 2 nitrogen and oxygen atoms in total. The van der Waals surface area contributed by atoms with Crippen molar-refractivity contribution in [3.63, 3.8) is 0 Å². The van der Waals surface area contributed by atoms with Gasteiger partial charge in [0.05, 0.1) is 6.04 Å². The summed E-state index contributed by atoms with van der Waals surface area (Å²) in [5.74, 6) is 0.302. The molecule has 3 rings (SSSR count). The second kappa shape index (κ2) is 8.94. The lowest BCUT2D eigenvalue weighted by Crippen LogP contribution is -2.10. The van der Waals surface area contributed by atoms with E-state index < -0.39 is 0 Å². The molecule has 0 amide bonds. The molecule has 1 heterocycles. The van der Waals surface area contributed by atoms with Gasteiger partial charge in [0.2, 0.25) is 0 Å². The summed E-state index contributed by atoms with van der Waals surface area (Å²) in [5.41, 5.74) is 6.31. The maximum atomic E-state index is 9.58. The highest BCUT2D eigenvalue weighted by atomic mass is 16.3. The average molecular weight is 362 g/mol. The Morgan fingerprint density at radius 2 is 1.56 bits per heavy atom. The SMILES string of the molecule is CCCCCCc1ccc(C(C)n2c(C)ccc2-c2ccc(O)cc2)cc1. The van der Waals surface area contributed by atoms with Gasteiger partial charge in [-0.25, -0.2) is 0 Å². The van der Waals surface area contributed by atoms with Crippen LogP contribution in [-0.2, 0) is 6.42 Å². The van der Waals surface area contributed by atoms with Gasteiger partial charge in [-0.1, -0.05) is 50.5 Å². The second-order valence-electron chi connectivity index (χ2n) is 7.51. The van der Waals surface area contributed by atoms with Gasteiger partial charge in [-0.05, 0) is 79.8 Å². The number of aryl methyl sites for hydroxylation is 2. The van der Waals surface area contributed by atoms with Crippen molar-refractivity contribution >= 4 is 0 Å². The molecule has 0 aliphatic rings. The number of benzene rings is 2. The molecule has 0 radical (unpaired) electrons. The first-order chi connectivity index (χ1) is 13.1. The minimum Gasteiger partial charge on any atom is -0.508 e. The molecule has 142 valence electrons. The highest BCUT2D eigenvalue weighted by molar-refractivity contribution is 5.62. The molecule has 27 heavy (non-hydrogen) atoms. The van der Waals surface area contributed by atoms with Crippen LogP contribution in [0.2, 0.25) is 0 Å². The van der Waals surface area contributed by atoms with E-state index >= 15 is 0 Å². The fourth-order valence-electron chi connectivity index (χ4n) is 3.80. The summed E-state index contributed by atoms with van der Waals surface area (Å²) >= 11 is 0. The van der Waals surface area contributed by atoms with Crippen LogP contribution in [-0.4, -0.2) is 9.67 Å². The van der Waals surface area contributed by atoms with Crippen molar-refractivity contribution in [2.24, 2.45) is 0 Å². The van der Waals surface area contributed by atoms with Crippen LogP contribution in [0.1, 0.15) is 62.4 Å². The predicted molar refractivity (Wildman–Crippen MR) is 114 cm³/mol. The quantitative estimate of drug-likeness (QED) is 0.434. The number of aromatic nitrogens is 1. The van der Waals surface area contributed by atoms with Crippen LogP contribution in [0.15, 0.2) is 60.7 Å². The largest absolute Gasteiger partial charge is 0.508 e. The Labute approximate surface area is 163 Å². The minimum atomic E-state index is 0.262. The molecule has 1 aromatic heterocycles. The highest BCUT2D eigenvalue weighted by Crippen LogP contribution is 2.30. The zero-order valence-electron chi connectivity index (χ0n) is 16.8. The standard InChI is InChI=1S/C25H31NO/c1-4-5-6-7-8-21-10-12-22(13-11-21)20(3)26-19(2)9-18-25(26)23-14-16-24(27)17-15-23/h9-18,20,27H,4-8H2,1-3H3. The van der Waals surface area contributed by atoms with Gasteiger partial charge >= 0.3 is 0 Å². The Bertz CT molecular complexity index is 843. The van der Waals surface area contributed by atoms with Crippen molar-refractivity contribution in [3.8, 4) is 17.0 Å². The molecule has 0 saturated carbocycles. The van der Waals surface area contributed by atoms with Crippen molar-refractivity contribution in [2.45, 2.75) is 58.9 Å². The molecule has 0 aliphatic heterocycles. The first-order valence-electron chi connectivity index (χ1n) is 10.2. The van der Waals surface area contributed by atoms with Gasteiger partial charge in [-0.3, -0.25) is 0 Å². The molecule has 0 spiro atoms. The first kappa shape index (κ1) is 19.3. The summed E-state index contributed by atoms with van der Waals surface area (Å²) in [5, 5.41) is 9.58. The van der Waals surface area contributed by atoms with Crippen LogP contribution < -0.4 is 0 Å². The fourth-order valence-corrected chi connectivity index (χ4v) is 3.80. The van der Waals surface area contributed by atoms with Crippen LogP contribution in [0.25, 0.3) is 11.3 Å². The summed E-state index contributed by atoms with van der Waals surface area (Å²) in [6.07, 6.45) is 6.41. The van der Waals surface area contributed by atoms with Crippen LogP contribution in [0, 0.1) is 6.92 Å². The second-order valence-corrected chi connectivity index (χ2v) is 7.51. The van der Waals surface area contributed by atoms with Crippen LogP contribution in [0.3, 0.4) is 0 Å². The van der Waals surface area contributed by atoms with Crippen molar-refractivity contribution in [2.75, 3.05) is 0 Å². The molecule has 0 saturated heterocycles. The van der Waals surface area contributed by atoms with Crippen molar-refractivity contribution in [1.82, 2.24) is 4.57 Å². The van der Waals surface area contributed by atoms with Crippen LogP contribution in [0.4, 0.5) is 0 Å². The number of nitrogens with zero attached hydrogens (tertiary/aromatic N) is 1. The monoisotopic (exact) mass is 361 g/mol. The summed E-state index contributed by atoms with van der Waals surface area (Å²) in [6, 6.07) is 21.2. The molecular formula is C25H31NO. The zero-order valence-corrected chi connectivity index (χ0v) is 16.8. The van der Waals surface area contributed by atoms with E-state index in [-0.39, 0.29) is 6.04 Å². The molecule has 0 aliphatic carbocycles. The highest BCUT2D eigenvalue weighted by Gasteiger charge is 2.15. The van der Waals surface area contributed by atoms with Crippen molar-refractivity contribution in [1.29, 1.82) is 0 Å². The van der Waals surface area contributed by atoms with E-state index in [2.05, 4.69) is 61.7 Å². The van der Waals surface area contributed by atoms with Gasteiger partial charge < -0.3 is 9.67 Å². The Hall–Kier alpha value is -2.48. The summed E-state index contributed by atoms with van der Waals surface area (Å²) in [4.78, 5) is 0. The third kappa shape index (κ3) is 4.63. The molecule has 2 aromatic carbocycles. The number of phenolic OH excluding ortho intramolecular Hbond substituents is 1. The maximum Gasteiger partial charge on any atom is 0.115 e. The number of hydrogen-bond donors (Lipinski definition) is 1. The van der Waals surface area contributed by atoms with Crippen molar-refractivity contribution in [3.05, 3.63) is 77.5 Å². The molecule has 1 unspecified atom stereocenters. The van der Waals surface area contributed by atoms with Crippen LogP contribution in [0.5, 0.6) is 5.75 Å². The number of aromatic hydroxyl groups is 1. The number of hydrogen-bond acceptors (Lipinski definition) is 1. The van der Waals surface area contributed by atoms with Gasteiger partial charge in [0, 0.05) is 11.4 Å². The van der Waals surface area contributed by atoms with Gasteiger partial charge in [-0.2, -0.15) is 0 Å². The number of phenols is 1. The summed E-state index contributed by atoms with van der Waals surface area (Å²) in [6.45, 7) is 6.67. The molecule has 2 heteroatoms. The molecule has 0 bridgehead atoms. The Morgan fingerprint density at radius 3 is 2.22 bits per heavy atom. The van der Waals surface area contributed by atoms with Gasteiger partial charge in [0.25, 0.3) is 0 Å². The molecule has 1 N–H and O–H groups in total. The predicted octanol–water partition coefficient (Wildman–Crippen LogP) is 6.90. The fraction of sp³-hybridized carbons (Fsp3) is 0.360. The normalized spacial score (nSPS) is 12.3. The van der Waals surface area contributed by atoms with E-state index in [9.17, 15) is 5.11 Å². The molecular weight excluding hydrogens is 330 g/mol. The Morgan fingerprint density at radius 1 is 0.852 bits per heavy atom.